The monoisotopic (exact) mass is 132 g/mol. The van der Waals surface area contributed by atoms with Crippen molar-refractivity contribution in [2.24, 2.45) is 5.73 Å². The van der Waals surface area contributed by atoms with Crippen molar-refractivity contribution in [3.8, 4) is 0 Å². The predicted octanol–water partition coefficient (Wildman–Crippen LogP) is 0.971. The van der Waals surface area contributed by atoms with Gasteiger partial charge in [-0.3, -0.25) is 0 Å². The molecule has 0 fully saturated rings. The number of hydrogen-bond acceptors (Lipinski definition) is 2. The van der Waals surface area contributed by atoms with E-state index in [0.717, 1.165) is 19.6 Å². The number of nitrogens with one attached hydrogen (secondary N) is 1. The highest BCUT2D eigenvalue weighted by atomic mass is 14.9. The van der Waals surface area contributed by atoms with Crippen molar-refractivity contribution < 1.29 is 0 Å². The van der Waals surface area contributed by atoms with Crippen LogP contribution in [-0.2, 0) is 0 Å². The molecule has 0 atom stereocenters. The molecule has 3 N–H and O–H groups in total. The number of nitrogens with two attached hydrogens (primary N) is 1. The highest BCUT2D eigenvalue weighted by Gasteiger charge is 1.71. The third-order valence-corrected chi connectivity index (χ3v) is 0.571. The van der Waals surface area contributed by atoms with Gasteiger partial charge in [-0.05, 0) is 6.54 Å². The van der Waals surface area contributed by atoms with Crippen molar-refractivity contribution in [2.45, 2.75) is 27.2 Å². The molecule has 2 heteroatoms. The maximum Gasteiger partial charge on any atom is 0.00743 e. The minimum absolute atomic E-state index is 0.744. The molecule has 0 bridgehead atoms. The first kappa shape index (κ1) is 11.7. The third-order valence-electron chi connectivity index (χ3n) is 0.571. The second-order valence-electron chi connectivity index (χ2n) is 1.85. The van der Waals surface area contributed by atoms with Gasteiger partial charge in [-0.15, -0.1) is 0 Å². The van der Waals surface area contributed by atoms with Gasteiger partial charge in [-0.25, -0.2) is 0 Å². The summed E-state index contributed by atoms with van der Waals surface area (Å²) in [5, 5.41) is 3.07. The van der Waals surface area contributed by atoms with Crippen LogP contribution in [0.3, 0.4) is 0 Å². The van der Waals surface area contributed by atoms with Gasteiger partial charge < -0.3 is 11.1 Å². The summed E-state index contributed by atoms with van der Waals surface area (Å²) in [6.45, 7) is 9.02. The Morgan fingerprint density at radius 2 is 1.67 bits per heavy atom. The Morgan fingerprint density at radius 1 is 1.22 bits per heavy atom. The lowest BCUT2D eigenvalue weighted by Crippen LogP contribution is -2.21. The molecule has 0 aliphatic heterocycles. The van der Waals surface area contributed by atoms with Crippen molar-refractivity contribution >= 4 is 0 Å². The van der Waals surface area contributed by atoms with Crippen LogP contribution >= 0.6 is 0 Å². The van der Waals surface area contributed by atoms with Crippen LogP contribution in [0, 0.1) is 0 Å². The third kappa shape index (κ3) is 32.6. The zero-order valence-electron chi connectivity index (χ0n) is 6.91. The first-order valence-electron chi connectivity index (χ1n) is 3.74. The first-order chi connectivity index (χ1) is 4.33. The van der Waals surface area contributed by atoms with Gasteiger partial charge in [0.15, 0.2) is 0 Å². The van der Waals surface area contributed by atoms with E-state index in [1.807, 2.05) is 0 Å². The summed E-state index contributed by atoms with van der Waals surface area (Å²) in [7, 11) is 0. The van der Waals surface area contributed by atoms with Crippen molar-refractivity contribution in [3.05, 3.63) is 0 Å². The molecular formula is C7H20N2. The van der Waals surface area contributed by atoms with E-state index < -0.39 is 0 Å². The fraction of sp³-hybridized carbons (Fsp3) is 1.00. The van der Waals surface area contributed by atoms with Gasteiger partial charge in [0.05, 0.1) is 0 Å². The molecule has 0 aromatic carbocycles. The van der Waals surface area contributed by atoms with Gasteiger partial charge in [-0.2, -0.15) is 0 Å². The summed E-state index contributed by atoms with van der Waals surface area (Å²) in [5.41, 5.74) is 5.15. The van der Waals surface area contributed by atoms with Crippen LogP contribution in [0.15, 0.2) is 0 Å². The van der Waals surface area contributed by atoms with E-state index in [9.17, 15) is 0 Å². The number of rotatable bonds is 3. The molecule has 9 heavy (non-hydrogen) atoms. The molecule has 0 rings (SSSR count). The molecule has 0 saturated carbocycles. The zero-order chi connectivity index (χ0) is 7.54. The topological polar surface area (TPSA) is 38.0 Å². The summed E-state index contributed by atoms with van der Waals surface area (Å²) in [6.07, 6.45) is 1.25. The lowest BCUT2D eigenvalue weighted by Gasteiger charge is -1.92. The predicted molar refractivity (Wildman–Crippen MR) is 43.6 cm³/mol. The molecule has 0 radical (unpaired) electrons. The Kier molecular flexibility index (Phi) is 20.3. The second-order valence-corrected chi connectivity index (χ2v) is 1.85. The van der Waals surface area contributed by atoms with Gasteiger partial charge >= 0.3 is 0 Å². The molecule has 0 aromatic rings. The van der Waals surface area contributed by atoms with Crippen LogP contribution in [0.1, 0.15) is 27.2 Å². The van der Waals surface area contributed by atoms with E-state index in [4.69, 9.17) is 5.73 Å². The van der Waals surface area contributed by atoms with Gasteiger partial charge in [-0.1, -0.05) is 27.2 Å². The molecular weight excluding hydrogens is 112 g/mol. The van der Waals surface area contributed by atoms with Crippen molar-refractivity contribution in [2.75, 3.05) is 19.6 Å². The Hall–Kier alpha value is -0.0800. The second kappa shape index (κ2) is 15.7. The van der Waals surface area contributed by atoms with Gasteiger partial charge in [0, 0.05) is 13.1 Å². The highest BCUT2D eigenvalue weighted by molar-refractivity contribution is 4.39. The summed E-state index contributed by atoms with van der Waals surface area (Å²) in [4.78, 5) is 0. The quantitative estimate of drug-likeness (QED) is 0.562. The van der Waals surface area contributed by atoms with Gasteiger partial charge in [0.25, 0.3) is 0 Å². The number of hydrogen-bond donors (Lipinski definition) is 2. The van der Waals surface area contributed by atoms with Crippen LogP contribution in [0.2, 0.25) is 0 Å². The number of likely N-dealkylation sites (N-methyl/N-ethyl adjacent to an activating group) is 1. The average molecular weight is 132 g/mol. The Labute approximate surface area is 58.8 Å². The van der Waals surface area contributed by atoms with Crippen LogP contribution in [0.4, 0.5) is 0 Å². The van der Waals surface area contributed by atoms with E-state index in [1.165, 1.54) is 6.42 Å². The first-order valence-corrected chi connectivity index (χ1v) is 3.74. The molecule has 58 valence electrons. The van der Waals surface area contributed by atoms with Crippen molar-refractivity contribution in [1.29, 1.82) is 0 Å². The molecule has 0 unspecified atom stereocenters. The van der Waals surface area contributed by atoms with E-state index in [-0.39, 0.29) is 0 Å². The normalized spacial score (nSPS) is 8.00. The minimum Gasteiger partial charge on any atom is -0.329 e. The largest absolute Gasteiger partial charge is 0.329 e. The summed E-state index contributed by atoms with van der Waals surface area (Å²) < 4.78 is 0. The van der Waals surface area contributed by atoms with Gasteiger partial charge in [0.1, 0.15) is 0 Å². The molecule has 0 aromatic heterocycles. The van der Waals surface area contributed by atoms with Crippen molar-refractivity contribution in [3.63, 3.8) is 0 Å². The molecule has 2 nitrogen and oxygen atoms in total. The summed E-state index contributed by atoms with van der Waals surface area (Å²) in [5.74, 6) is 0. The molecule has 0 spiro atoms. The molecule has 0 saturated heterocycles. The molecule has 0 amide bonds. The SMILES string of the molecule is CCC.CCNCCN. The van der Waals surface area contributed by atoms with E-state index in [2.05, 4.69) is 26.1 Å². The van der Waals surface area contributed by atoms with E-state index in [1.54, 1.807) is 0 Å². The van der Waals surface area contributed by atoms with Gasteiger partial charge in [0.2, 0.25) is 0 Å². The maximum absolute atomic E-state index is 5.15. The molecule has 0 aliphatic rings. The smallest absolute Gasteiger partial charge is 0.00743 e. The lowest BCUT2D eigenvalue weighted by molar-refractivity contribution is 0.725. The Bertz CT molecular complexity index is 26.1. The highest BCUT2D eigenvalue weighted by Crippen LogP contribution is 1.56. The standard InChI is InChI=1S/C4H12N2.C3H8/c1-2-6-4-3-5;1-3-2/h6H,2-5H2,1H3;3H2,1-2H3. The Balaban J connectivity index is 0. The fourth-order valence-corrected chi connectivity index (χ4v) is 0.279. The lowest BCUT2D eigenvalue weighted by atomic mass is 10.6. The Morgan fingerprint density at radius 3 is 1.78 bits per heavy atom. The van der Waals surface area contributed by atoms with E-state index in [0.29, 0.717) is 0 Å². The molecule has 0 heterocycles. The minimum atomic E-state index is 0.744. The van der Waals surface area contributed by atoms with E-state index >= 15 is 0 Å². The summed E-state index contributed by atoms with van der Waals surface area (Å²) in [6, 6.07) is 0. The zero-order valence-corrected chi connectivity index (χ0v) is 6.91. The summed E-state index contributed by atoms with van der Waals surface area (Å²) >= 11 is 0. The van der Waals surface area contributed by atoms with Crippen molar-refractivity contribution in [1.82, 2.24) is 5.32 Å². The fourth-order valence-electron chi connectivity index (χ4n) is 0.279. The van der Waals surface area contributed by atoms with Crippen LogP contribution in [-0.4, -0.2) is 19.6 Å². The average Bonchev–Trinajstić information content (AvgIpc) is 1.86. The van der Waals surface area contributed by atoms with Crippen LogP contribution in [0.5, 0.6) is 0 Å². The maximum atomic E-state index is 5.15. The molecule has 0 aliphatic carbocycles. The van der Waals surface area contributed by atoms with Crippen LogP contribution in [0.25, 0.3) is 0 Å². The van der Waals surface area contributed by atoms with Crippen LogP contribution < -0.4 is 11.1 Å².